The Bertz CT molecular complexity index is 1700. The van der Waals surface area contributed by atoms with Crippen LogP contribution in [0, 0.1) is 0 Å². The van der Waals surface area contributed by atoms with Crippen LogP contribution in [0.3, 0.4) is 0 Å². The zero-order valence-corrected chi connectivity index (χ0v) is 29.0. The van der Waals surface area contributed by atoms with Crippen LogP contribution in [0.15, 0.2) is 108 Å². The first-order chi connectivity index (χ1) is 23.6. The van der Waals surface area contributed by atoms with E-state index in [0.29, 0.717) is 11.1 Å². The molecule has 0 fully saturated rings. The van der Waals surface area contributed by atoms with Gasteiger partial charge in [0.05, 0.1) is 11.3 Å². The number of Topliss-reactive ketones (excluding diaryl/α,β-unsaturated/α-hetero) is 1. The maximum absolute atomic E-state index is 14.0. The molecule has 0 unspecified atom stereocenters. The smallest absolute Gasteiger partial charge is 0.216 e. The van der Waals surface area contributed by atoms with Gasteiger partial charge in [0, 0.05) is 42.5 Å². The van der Waals surface area contributed by atoms with Crippen molar-refractivity contribution >= 4 is 35.3 Å². The van der Waals surface area contributed by atoms with E-state index in [1.165, 1.54) is 51.4 Å². The molecular weight excluding hydrogens is 588 g/mol. The fraction of sp³-hybridized carbons (Fsp3) is 0.364. The zero-order chi connectivity index (χ0) is 33.6. The molecule has 2 heterocycles. The molecule has 0 radical (unpaired) electrons. The van der Waals surface area contributed by atoms with Gasteiger partial charge in [-0.1, -0.05) is 144 Å². The Balaban J connectivity index is 1.44. The molecule has 4 heteroatoms. The molecule has 1 aliphatic heterocycles. The first-order valence-electron chi connectivity index (χ1n) is 18.3. The predicted octanol–water partition coefficient (Wildman–Crippen LogP) is 10.0. The molecule has 5 rings (SSSR count). The average Bonchev–Trinajstić information content (AvgIpc) is 3.69. The number of hydrogen-bond donors (Lipinski definition) is 0. The normalized spacial score (nSPS) is 16.3. The van der Waals surface area contributed by atoms with E-state index in [9.17, 15) is 9.90 Å². The number of nitrogens with zero attached hydrogens (tertiary/aromatic N) is 2. The van der Waals surface area contributed by atoms with E-state index >= 15 is 0 Å². The highest BCUT2D eigenvalue weighted by Gasteiger charge is 2.38. The van der Waals surface area contributed by atoms with Crippen LogP contribution in [-0.2, 0) is 11.3 Å². The highest BCUT2D eigenvalue weighted by atomic mass is 16.3. The summed E-state index contributed by atoms with van der Waals surface area (Å²) in [7, 11) is 0. The van der Waals surface area contributed by atoms with E-state index < -0.39 is 0 Å². The molecule has 0 amide bonds. The summed E-state index contributed by atoms with van der Waals surface area (Å²) >= 11 is 0. The molecule has 1 aliphatic carbocycles. The highest BCUT2D eigenvalue weighted by molar-refractivity contribution is 6.39. The van der Waals surface area contributed by atoms with Crippen molar-refractivity contribution in [1.29, 1.82) is 0 Å². The van der Waals surface area contributed by atoms with Crippen LogP contribution >= 0.6 is 0 Å². The van der Waals surface area contributed by atoms with E-state index in [-0.39, 0.29) is 11.5 Å². The van der Waals surface area contributed by atoms with E-state index in [1.807, 2.05) is 60.7 Å². The number of carbonyl (C=O) groups excluding carboxylic acids is 1. The van der Waals surface area contributed by atoms with Crippen LogP contribution in [-0.4, -0.2) is 27.2 Å². The molecule has 0 saturated carbocycles. The third kappa shape index (κ3) is 8.92. The molecule has 0 saturated heterocycles. The van der Waals surface area contributed by atoms with E-state index in [0.717, 1.165) is 72.7 Å². The Hall–Kier alpha value is -4.44. The van der Waals surface area contributed by atoms with E-state index in [4.69, 9.17) is 0 Å². The summed E-state index contributed by atoms with van der Waals surface area (Å²) in [6.45, 7) is 6.04. The molecule has 48 heavy (non-hydrogen) atoms. The van der Waals surface area contributed by atoms with E-state index in [2.05, 4.69) is 71.6 Å². The number of aromatic nitrogens is 1. The summed E-state index contributed by atoms with van der Waals surface area (Å²) < 4.78 is 4.37. The topological polar surface area (TPSA) is 48.1 Å². The van der Waals surface area contributed by atoms with Crippen molar-refractivity contribution in [2.75, 3.05) is 6.54 Å². The molecule has 0 spiro atoms. The molecule has 2 aromatic carbocycles. The van der Waals surface area contributed by atoms with Crippen molar-refractivity contribution in [3.63, 3.8) is 0 Å². The quantitative estimate of drug-likeness (QED) is 0.0744. The van der Waals surface area contributed by atoms with Crippen molar-refractivity contribution in [3.8, 4) is 0 Å². The lowest BCUT2D eigenvalue weighted by atomic mass is 9.84. The monoisotopic (exact) mass is 640 g/mol. The lowest BCUT2D eigenvalue weighted by molar-refractivity contribution is -0.469. The number of rotatable bonds is 19. The second kappa shape index (κ2) is 18.2. The summed E-state index contributed by atoms with van der Waals surface area (Å²) in [5, 5.41) is 14.0. The third-order valence-electron chi connectivity index (χ3n) is 9.41. The summed E-state index contributed by atoms with van der Waals surface area (Å²) in [6, 6.07) is 24.5. The summed E-state index contributed by atoms with van der Waals surface area (Å²) in [6.07, 6.45) is 26.6. The molecule has 3 aromatic rings. The Morgan fingerprint density at radius 2 is 1.21 bits per heavy atom. The number of carbonyl (C=O) groups is 1. The van der Waals surface area contributed by atoms with Gasteiger partial charge in [0.1, 0.15) is 6.54 Å². The number of hydrogen-bond acceptors (Lipinski definition) is 2. The van der Waals surface area contributed by atoms with Crippen LogP contribution in [0.1, 0.15) is 113 Å². The lowest BCUT2D eigenvalue weighted by Crippen LogP contribution is -2.33. The van der Waals surface area contributed by atoms with Gasteiger partial charge in [-0.25, -0.2) is 0 Å². The second-order valence-electron chi connectivity index (χ2n) is 13.0. The number of allylic oxidation sites excluding steroid dienone is 5. The molecule has 0 bridgehead atoms. The number of ketones is 1. The van der Waals surface area contributed by atoms with Crippen molar-refractivity contribution in [3.05, 3.63) is 131 Å². The molecule has 2 aliphatic rings. The number of benzene rings is 2. The second-order valence-corrected chi connectivity index (χ2v) is 13.0. The highest BCUT2D eigenvalue weighted by Crippen LogP contribution is 2.39. The van der Waals surface area contributed by atoms with Gasteiger partial charge < -0.3 is 9.67 Å². The van der Waals surface area contributed by atoms with Crippen LogP contribution < -0.4 is 5.11 Å². The maximum atomic E-state index is 14.0. The van der Waals surface area contributed by atoms with Gasteiger partial charge in [0.25, 0.3) is 0 Å². The van der Waals surface area contributed by atoms with Crippen molar-refractivity contribution in [2.45, 2.75) is 97.4 Å². The van der Waals surface area contributed by atoms with Crippen molar-refractivity contribution < 1.29 is 14.5 Å². The van der Waals surface area contributed by atoms with Crippen molar-refractivity contribution in [1.82, 2.24) is 4.57 Å². The fourth-order valence-electron chi connectivity index (χ4n) is 6.64. The van der Waals surface area contributed by atoms with Crippen LogP contribution in [0.4, 0.5) is 0 Å². The van der Waals surface area contributed by atoms with Gasteiger partial charge in [0.15, 0.2) is 0 Å². The Labute approximate surface area is 288 Å². The first-order valence-corrected chi connectivity index (χ1v) is 18.3. The van der Waals surface area contributed by atoms with Gasteiger partial charge in [-0.05, 0) is 48.3 Å². The molecule has 0 atom stereocenters. The Kier molecular flexibility index (Phi) is 13.2. The van der Waals surface area contributed by atoms with Gasteiger partial charge in [-0.2, -0.15) is 4.58 Å². The summed E-state index contributed by atoms with van der Waals surface area (Å²) in [4.78, 5) is 14.0. The maximum Gasteiger partial charge on any atom is 0.216 e. The van der Waals surface area contributed by atoms with E-state index in [1.54, 1.807) is 0 Å². The molecule has 250 valence electrons. The molecule has 4 nitrogen and oxygen atoms in total. The van der Waals surface area contributed by atoms with Gasteiger partial charge in [-0.3, -0.25) is 4.79 Å². The molecule has 1 aromatic heterocycles. The Morgan fingerprint density at radius 3 is 1.83 bits per heavy atom. The van der Waals surface area contributed by atoms with Gasteiger partial charge >= 0.3 is 0 Å². The summed E-state index contributed by atoms with van der Waals surface area (Å²) in [5.74, 6) is -0.275. The van der Waals surface area contributed by atoms with Crippen LogP contribution in [0.2, 0.25) is 0 Å². The van der Waals surface area contributed by atoms with Crippen molar-refractivity contribution in [2.24, 2.45) is 0 Å². The standard InChI is InChI=1S/C44H52N2O2/c1-3-5-7-9-11-19-33-45-37(27-25-35-21-15-13-16-22-35)29-31-39(45)41-43(47)42(44(41)48)40-32-30-38(28-26-36-23-17-14-18-24-36)46(40)34-20-12-10-8-6-4-2/h13-18,21-32H,3-12,19-20,33-34H2,1-2H3/b27-25+,28-26+. The van der Waals surface area contributed by atoms with Crippen LogP contribution in [0.5, 0.6) is 0 Å². The Morgan fingerprint density at radius 1 is 0.625 bits per heavy atom. The lowest BCUT2D eigenvalue weighted by Gasteiger charge is -2.31. The summed E-state index contributed by atoms with van der Waals surface area (Å²) in [5.41, 5.74) is 6.41. The minimum Gasteiger partial charge on any atom is -0.871 e. The SMILES string of the molecule is CCCCCCCCn1c(/C=C/c2ccccc2)ccc1C1=C([O-])C(=C2C=CC(/C=C/c3ccccc3)=[N+]2CCCCCCCC)C1=O. The largest absolute Gasteiger partial charge is 0.871 e. The van der Waals surface area contributed by atoms with Gasteiger partial charge in [0.2, 0.25) is 17.2 Å². The minimum absolute atomic E-state index is 0.137. The molecular formula is C44H52N2O2. The number of unbranched alkanes of at least 4 members (excludes halogenated alkanes) is 10. The minimum atomic E-state index is -0.137. The molecule has 0 N–H and O–H groups in total. The third-order valence-corrected chi connectivity index (χ3v) is 9.41. The predicted molar refractivity (Wildman–Crippen MR) is 200 cm³/mol. The van der Waals surface area contributed by atoms with Gasteiger partial charge in [-0.15, -0.1) is 0 Å². The first kappa shape index (κ1) is 34.9. The van der Waals surface area contributed by atoms with Crippen LogP contribution in [0.25, 0.3) is 23.8 Å². The zero-order valence-electron chi connectivity index (χ0n) is 29.0. The fourth-order valence-corrected chi connectivity index (χ4v) is 6.64. The average molecular weight is 641 g/mol.